The molecule has 6 amide bonds. The first-order chi connectivity index (χ1) is 31.3. The van der Waals surface area contributed by atoms with E-state index in [-0.39, 0.29) is 65.8 Å². The molecule has 8 rings (SSSR count). The Labute approximate surface area is 369 Å². The molecule has 2 aliphatic rings. The Balaban J connectivity index is 0.864. The van der Waals surface area contributed by atoms with Crippen LogP contribution in [0.1, 0.15) is 81.4 Å². The van der Waals surface area contributed by atoms with Crippen LogP contribution in [0.4, 0.5) is 15.8 Å². The summed E-state index contributed by atoms with van der Waals surface area (Å²) in [5.41, 5.74) is 2.64. The Hall–Kier alpha value is -8.02. The second kappa shape index (κ2) is 18.0. The minimum absolute atomic E-state index is 0.00445. The zero-order valence-corrected chi connectivity index (χ0v) is 35.7. The zero-order valence-electron chi connectivity index (χ0n) is 35.7. The van der Waals surface area contributed by atoms with Crippen LogP contribution in [0.5, 0.6) is 23.1 Å². The molecule has 1 atom stereocenters. The van der Waals surface area contributed by atoms with Gasteiger partial charge in [0.1, 0.15) is 17.9 Å². The normalized spacial score (nSPS) is 14.7. The summed E-state index contributed by atoms with van der Waals surface area (Å²) in [7, 11) is 3.22. The number of aromatic nitrogens is 3. The molecule has 1 saturated heterocycles. The van der Waals surface area contributed by atoms with E-state index in [4.69, 9.17) is 14.2 Å². The van der Waals surface area contributed by atoms with Crippen LogP contribution >= 0.6 is 0 Å². The van der Waals surface area contributed by atoms with Crippen LogP contribution in [-0.2, 0) is 27.9 Å². The lowest BCUT2D eigenvalue weighted by Gasteiger charge is -2.27. The largest absolute Gasteiger partial charge is 0.493 e. The van der Waals surface area contributed by atoms with E-state index in [0.29, 0.717) is 57.5 Å². The maximum Gasteiger partial charge on any atom is 0.262 e. The second-order valence-electron chi connectivity index (χ2n) is 15.5. The van der Waals surface area contributed by atoms with E-state index in [0.717, 1.165) is 23.0 Å². The van der Waals surface area contributed by atoms with Crippen molar-refractivity contribution in [2.75, 3.05) is 24.4 Å². The number of aryl methyl sites for hydroxylation is 2. The Morgan fingerprint density at radius 1 is 0.862 bits per heavy atom. The fourth-order valence-electron chi connectivity index (χ4n) is 7.89. The summed E-state index contributed by atoms with van der Waals surface area (Å²) < 4.78 is 34.8. The molecule has 1 fully saturated rings. The summed E-state index contributed by atoms with van der Waals surface area (Å²) in [5.74, 6) is -3.80. The number of hydrogen-bond donors (Lipinski definition) is 3. The minimum Gasteiger partial charge on any atom is -0.493 e. The van der Waals surface area contributed by atoms with Gasteiger partial charge in [0.2, 0.25) is 29.0 Å². The number of ether oxygens (including phenoxy) is 3. The Morgan fingerprint density at radius 3 is 2.38 bits per heavy atom. The van der Waals surface area contributed by atoms with E-state index in [1.54, 1.807) is 36.7 Å². The SMILES string of the molecule is CCc1ccc2c(c1)c(=O)c(C(=O)Nc1ccc(Oc3ncnc4cc(OCCCCC(=O)Nc5ccc6c(c5)C(=O)N(C5CCC(=O)NC5=O)C6=O)c(OC)cc34)c(F)c1)c(C)n2C. The number of methoxy groups -OCH3 is 1. The molecule has 2 aromatic heterocycles. The van der Waals surface area contributed by atoms with Gasteiger partial charge in [0.25, 0.3) is 17.7 Å². The number of imide groups is 2. The first-order valence-corrected chi connectivity index (χ1v) is 20.8. The van der Waals surface area contributed by atoms with Crippen molar-refractivity contribution in [3.8, 4) is 23.1 Å². The summed E-state index contributed by atoms with van der Waals surface area (Å²) in [6, 6.07) is 15.9. The van der Waals surface area contributed by atoms with E-state index in [1.165, 1.54) is 43.8 Å². The monoisotopic (exact) mass is 883 g/mol. The molecule has 2 aliphatic heterocycles. The number of rotatable bonds is 14. The number of carbonyl (C=O) groups excluding carboxylic acids is 6. The third-order valence-electron chi connectivity index (χ3n) is 11.5. The van der Waals surface area contributed by atoms with Gasteiger partial charge in [-0.05, 0) is 86.7 Å². The Morgan fingerprint density at radius 2 is 1.63 bits per heavy atom. The van der Waals surface area contributed by atoms with Gasteiger partial charge < -0.3 is 29.4 Å². The number of benzene rings is 4. The third-order valence-corrected chi connectivity index (χ3v) is 11.5. The van der Waals surface area contributed by atoms with Crippen LogP contribution in [0, 0.1) is 12.7 Å². The molecule has 6 aromatic rings. The van der Waals surface area contributed by atoms with Gasteiger partial charge in [-0.3, -0.25) is 43.8 Å². The highest BCUT2D eigenvalue weighted by molar-refractivity contribution is 6.24. The number of nitrogens with zero attached hydrogens (tertiary/aromatic N) is 4. The molecular formula is C47H42FN7O10. The van der Waals surface area contributed by atoms with Crippen molar-refractivity contribution in [3.63, 3.8) is 0 Å². The van der Waals surface area contributed by atoms with Crippen molar-refractivity contribution < 1.29 is 47.4 Å². The van der Waals surface area contributed by atoms with Gasteiger partial charge in [-0.15, -0.1) is 0 Å². The fourth-order valence-corrected chi connectivity index (χ4v) is 7.89. The number of piperidine rings is 1. The molecule has 4 aromatic carbocycles. The van der Waals surface area contributed by atoms with Crippen molar-refractivity contribution in [2.24, 2.45) is 7.05 Å². The number of halogens is 1. The van der Waals surface area contributed by atoms with E-state index in [9.17, 15) is 33.6 Å². The van der Waals surface area contributed by atoms with Crippen LogP contribution in [0.3, 0.4) is 0 Å². The van der Waals surface area contributed by atoms with Crippen LogP contribution in [0.25, 0.3) is 21.8 Å². The first kappa shape index (κ1) is 43.6. The highest BCUT2D eigenvalue weighted by atomic mass is 19.1. The summed E-state index contributed by atoms with van der Waals surface area (Å²) in [6.07, 6.45) is 3.03. The number of fused-ring (bicyclic) bond motifs is 3. The molecule has 4 heterocycles. The molecule has 17 nitrogen and oxygen atoms in total. The highest BCUT2D eigenvalue weighted by Crippen LogP contribution is 2.37. The fraction of sp³-hybridized carbons (Fsp3) is 0.255. The number of nitrogens with one attached hydrogen (secondary N) is 3. The van der Waals surface area contributed by atoms with E-state index in [2.05, 4.69) is 25.9 Å². The molecule has 0 saturated carbocycles. The van der Waals surface area contributed by atoms with Crippen molar-refractivity contribution in [1.82, 2.24) is 24.8 Å². The topological polar surface area (TPSA) is 217 Å². The predicted molar refractivity (Wildman–Crippen MR) is 235 cm³/mol. The molecule has 18 heteroatoms. The smallest absolute Gasteiger partial charge is 0.262 e. The van der Waals surface area contributed by atoms with Crippen LogP contribution < -0.4 is 35.6 Å². The molecule has 1 unspecified atom stereocenters. The van der Waals surface area contributed by atoms with Crippen molar-refractivity contribution in [1.29, 1.82) is 0 Å². The van der Waals surface area contributed by atoms with Crippen LogP contribution in [0.15, 0.2) is 77.9 Å². The molecule has 0 radical (unpaired) electrons. The van der Waals surface area contributed by atoms with Crippen molar-refractivity contribution in [3.05, 3.63) is 117 Å². The molecule has 0 bridgehead atoms. The maximum absolute atomic E-state index is 15.5. The average molecular weight is 884 g/mol. The Bertz CT molecular complexity index is 3060. The van der Waals surface area contributed by atoms with Gasteiger partial charge in [-0.2, -0.15) is 0 Å². The standard InChI is InChI=1S/C47H42FN7O10/c1-5-25-9-13-34-31(18-25)42(58)41(24(2)54(34)3)44(60)52-27-11-15-36(32(48)20-27)65-45-30-21-37(63-4)38(22-33(30)49-23-50-45)64-17-7-6-8-39(56)51-26-10-12-28-29(19-26)47(62)55(46(28)61)35-14-16-40(57)53-43(35)59/h9-13,15,18-23,35H,5-8,14,16-17H2,1-4H3,(H,51,56)(H,52,60)(H,53,57,59). The highest BCUT2D eigenvalue weighted by Gasteiger charge is 2.44. The van der Waals surface area contributed by atoms with Gasteiger partial charge in [-0.1, -0.05) is 13.0 Å². The van der Waals surface area contributed by atoms with Gasteiger partial charge in [-0.25, -0.2) is 14.4 Å². The maximum atomic E-state index is 15.5. The lowest BCUT2D eigenvalue weighted by molar-refractivity contribution is -0.136. The molecule has 3 N–H and O–H groups in total. The summed E-state index contributed by atoms with van der Waals surface area (Å²) in [5, 5.41) is 8.35. The molecule has 0 aliphatic carbocycles. The molecule has 65 heavy (non-hydrogen) atoms. The lowest BCUT2D eigenvalue weighted by atomic mass is 10.0. The van der Waals surface area contributed by atoms with Crippen LogP contribution in [-0.4, -0.2) is 74.6 Å². The first-order valence-electron chi connectivity index (χ1n) is 20.8. The zero-order chi connectivity index (χ0) is 46.1. The average Bonchev–Trinajstić information content (AvgIpc) is 3.53. The molecule has 0 spiro atoms. The predicted octanol–water partition coefficient (Wildman–Crippen LogP) is 6.13. The summed E-state index contributed by atoms with van der Waals surface area (Å²) in [6.45, 7) is 3.87. The van der Waals surface area contributed by atoms with Gasteiger partial charge in [0.15, 0.2) is 23.1 Å². The molecule has 332 valence electrons. The number of unbranched alkanes of at least 4 members (excludes halogenated alkanes) is 1. The van der Waals surface area contributed by atoms with Crippen LogP contribution in [0.2, 0.25) is 0 Å². The van der Waals surface area contributed by atoms with Gasteiger partial charge in [0, 0.05) is 54.5 Å². The second-order valence-corrected chi connectivity index (χ2v) is 15.5. The van der Waals surface area contributed by atoms with Gasteiger partial charge >= 0.3 is 0 Å². The van der Waals surface area contributed by atoms with E-state index in [1.807, 2.05) is 19.1 Å². The van der Waals surface area contributed by atoms with Gasteiger partial charge in [0.05, 0.1) is 41.3 Å². The Kier molecular flexibility index (Phi) is 12.1. The number of anilines is 2. The van der Waals surface area contributed by atoms with E-state index >= 15 is 4.39 Å². The number of hydrogen-bond acceptors (Lipinski definition) is 12. The summed E-state index contributed by atoms with van der Waals surface area (Å²) >= 11 is 0. The van der Waals surface area contributed by atoms with Crippen molar-refractivity contribution >= 4 is 68.6 Å². The lowest BCUT2D eigenvalue weighted by Crippen LogP contribution is -2.54. The van der Waals surface area contributed by atoms with Crippen molar-refractivity contribution in [2.45, 2.75) is 58.4 Å². The van der Waals surface area contributed by atoms with E-state index < -0.39 is 46.8 Å². The minimum atomic E-state index is -1.09. The number of amides is 6. The third kappa shape index (κ3) is 8.57. The number of pyridine rings is 1. The summed E-state index contributed by atoms with van der Waals surface area (Å²) in [4.78, 5) is 99.2. The quantitative estimate of drug-likeness (QED) is 0.0831. The number of carbonyl (C=O) groups is 6. The molecular weight excluding hydrogens is 842 g/mol.